The number of hydrogen-bond donors (Lipinski definition) is 0. The Balaban J connectivity index is 2.34. The fourth-order valence-electron chi connectivity index (χ4n) is 1.78. The summed E-state index contributed by atoms with van der Waals surface area (Å²) in [5.74, 6) is 0.681. The van der Waals surface area contributed by atoms with Crippen LogP contribution in [-0.4, -0.2) is 14.3 Å². The Labute approximate surface area is 107 Å². The van der Waals surface area contributed by atoms with Gasteiger partial charge in [-0.05, 0) is 46.4 Å². The second-order valence-electron chi connectivity index (χ2n) is 3.67. The highest BCUT2D eigenvalue weighted by molar-refractivity contribution is 14.2. The second-order valence-corrected chi connectivity index (χ2v) is 6.13. The Hall–Kier alpha value is 0.0700. The Morgan fingerprint density at radius 3 is 2.93 bits per heavy atom. The quantitative estimate of drug-likeness (QED) is 0.469. The number of fused-ring (bicyclic) bond motifs is 1. The van der Waals surface area contributed by atoms with Crippen molar-refractivity contribution in [3.63, 3.8) is 0 Å². The van der Waals surface area contributed by atoms with Crippen LogP contribution in [0, 0.1) is 0 Å². The zero-order valence-electron chi connectivity index (χ0n) is 7.74. The number of hydrogen-bond acceptors (Lipinski definition) is 2. The Morgan fingerprint density at radius 1 is 1.47 bits per heavy atom. The van der Waals surface area contributed by atoms with Crippen LogP contribution in [0.2, 0.25) is 5.15 Å². The van der Waals surface area contributed by atoms with Crippen LogP contribution < -0.4 is 0 Å². The molecule has 0 spiro atoms. The van der Waals surface area contributed by atoms with Crippen molar-refractivity contribution in [2.75, 3.05) is 0 Å². The molecule has 0 bridgehead atoms. The summed E-state index contributed by atoms with van der Waals surface area (Å²) in [5.41, 5.74) is 3.35. The molecule has 2 aromatic heterocycles. The molecule has 1 atom stereocenters. The summed E-state index contributed by atoms with van der Waals surface area (Å²) in [6, 6.07) is 0. The number of rotatable bonds is 2. The van der Waals surface area contributed by atoms with E-state index in [9.17, 15) is 0 Å². The fourth-order valence-corrected chi connectivity index (χ4v) is 3.49. The van der Waals surface area contributed by atoms with Crippen molar-refractivity contribution < 1.29 is 0 Å². The lowest BCUT2D eigenvalue weighted by Gasteiger charge is -2.04. The molecule has 15 heavy (non-hydrogen) atoms. The molecule has 0 amide bonds. The number of halogens is 2. The lowest BCUT2D eigenvalue weighted by atomic mass is 10.1. The first kappa shape index (κ1) is 10.2. The first-order chi connectivity index (χ1) is 7.31. The van der Waals surface area contributed by atoms with E-state index in [0.717, 1.165) is 5.52 Å². The van der Waals surface area contributed by atoms with Gasteiger partial charge in [0.2, 0.25) is 0 Å². The zero-order valence-corrected chi connectivity index (χ0v) is 11.7. The molecule has 0 radical (unpaired) electrons. The first-order valence-corrected chi connectivity index (χ1v) is 9.13. The number of aromatic nitrogens is 3. The molecular formula is C9H8ClIN3P. The van der Waals surface area contributed by atoms with Gasteiger partial charge in [0.15, 0.2) is 5.15 Å². The predicted molar refractivity (Wildman–Crippen MR) is 72.2 cm³/mol. The molecule has 0 saturated heterocycles. The van der Waals surface area contributed by atoms with Crippen LogP contribution in [0.1, 0.15) is 24.3 Å². The highest BCUT2D eigenvalue weighted by atomic mass is 127. The number of nitrogens with zero attached hydrogens (tertiary/aromatic N) is 3. The molecule has 1 saturated carbocycles. The second kappa shape index (κ2) is 3.82. The summed E-state index contributed by atoms with van der Waals surface area (Å²) in [6.07, 6.45) is 6.97. The van der Waals surface area contributed by atoms with E-state index in [2.05, 4.69) is 36.3 Å². The Morgan fingerprint density at radius 2 is 2.27 bits per heavy atom. The average molecular weight is 352 g/mol. The van der Waals surface area contributed by atoms with E-state index in [1.165, 1.54) is 23.9 Å². The van der Waals surface area contributed by atoms with Gasteiger partial charge in [-0.3, -0.25) is 0 Å². The summed E-state index contributed by atoms with van der Waals surface area (Å²) >= 11 is 8.40. The van der Waals surface area contributed by atoms with Crippen LogP contribution in [-0.2, 0) is 0 Å². The molecule has 78 valence electrons. The van der Waals surface area contributed by atoms with Crippen LogP contribution in [0.5, 0.6) is 0 Å². The van der Waals surface area contributed by atoms with Crippen molar-refractivity contribution in [1.82, 2.24) is 14.3 Å². The molecule has 1 unspecified atom stereocenters. The standard InChI is InChI=1S/C9H8ClIN3P/c10-9-7-8(14(15-11)4-13-7)6(3-12-9)5-1-2-5/h3-5,15H,1-2H2. The third kappa shape index (κ3) is 1.67. The van der Waals surface area contributed by atoms with Gasteiger partial charge in [0.05, 0.1) is 11.8 Å². The summed E-state index contributed by atoms with van der Waals surface area (Å²) < 4.78 is 2.16. The van der Waals surface area contributed by atoms with E-state index in [1.54, 1.807) is 0 Å². The summed E-state index contributed by atoms with van der Waals surface area (Å²) in [5, 5.41) is 0.516. The fraction of sp³-hybridized carbons (Fsp3) is 0.333. The van der Waals surface area contributed by atoms with E-state index >= 15 is 0 Å². The maximum Gasteiger partial charge on any atom is 0.156 e. The molecule has 0 aliphatic heterocycles. The smallest absolute Gasteiger partial charge is 0.156 e. The lowest BCUT2D eigenvalue weighted by molar-refractivity contribution is 1.10. The molecule has 1 aliphatic carbocycles. The normalized spacial score (nSPS) is 16.9. The minimum atomic E-state index is 0.516. The average Bonchev–Trinajstić information content (AvgIpc) is 2.98. The number of pyridine rings is 1. The minimum Gasteiger partial charge on any atom is -0.302 e. The van der Waals surface area contributed by atoms with Crippen LogP contribution in [0.25, 0.3) is 11.0 Å². The predicted octanol–water partition coefficient (Wildman–Crippen LogP) is 3.75. The van der Waals surface area contributed by atoms with Crippen LogP contribution >= 0.6 is 40.0 Å². The van der Waals surface area contributed by atoms with Gasteiger partial charge < -0.3 is 4.34 Å². The maximum atomic E-state index is 6.04. The molecular weight excluding hydrogens is 343 g/mol. The van der Waals surface area contributed by atoms with Gasteiger partial charge in [-0.2, -0.15) is 0 Å². The summed E-state index contributed by atoms with van der Waals surface area (Å²) in [7, 11) is 0. The molecule has 2 aromatic rings. The van der Waals surface area contributed by atoms with Crippen molar-refractivity contribution in [2.24, 2.45) is 0 Å². The van der Waals surface area contributed by atoms with Crippen molar-refractivity contribution in [2.45, 2.75) is 18.8 Å². The van der Waals surface area contributed by atoms with Gasteiger partial charge in [0.1, 0.15) is 5.52 Å². The van der Waals surface area contributed by atoms with E-state index in [4.69, 9.17) is 11.6 Å². The van der Waals surface area contributed by atoms with Crippen molar-refractivity contribution >= 4 is 51.0 Å². The monoisotopic (exact) mass is 351 g/mol. The molecule has 1 fully saturated rings. The van der Waals surface area contributed by atoms with Crippen molar-refractivity contribution in [3.8, 4) is 0 Å². The van der Waals surface area contributed by atoms with E-state index in [0.29, 0.717) is 17.4 Å². The third-order valence-electron chi connectivity index (χ3n) is 2.66. The van der Waals surface area contributed by atoms with E-state index < -0.39 is 0 Å². The zero-order chi connectivity index (χ0) is 10.4. The van der Waals surface area contributed by atoms with Crippen molar-refractivity contribution in [1.29, 1.82) is 0 Å². The molecule has 6 heteroatoms. The molecule has 0 N–H and O–H groups in total. The van der Waals surface area contributed by atoms with Crippen LogP contribution in [0.4, 0.5) is 0 Å². The van der Waals surface area contributed by atoms with Gasteiger partial charge in [-0.1, -0.05) is 11.6 Å². The van der Waals surface area contributed by atoms with E-state index in [1.807, 2.05) is 12.5 Å². The van der Waals surface area contributed by atoms with E-state index in [-0.39, 0.29) is 0 Å². The minimum absolute atomic E-state index is 0.516. The molecule has 3 rings (SSSR count). The Kier molecular flexibility index (Phi) is 2.61. The third-order valence-corrected chi connectivity index (χ3v) is 5.02. The molecule has 0 aromatic carbocycles. The molecule has 2 heterocycles. The largest absolute Gasteiger partial charge is 0.302 e. The van der Waals surface area contributed by atoms with Gasteiger partial charge in [0, 0.05) is 12.6 Å². The van der Waals surface area contributed by atoms with Crippen LogP contribution in [0.15, 0.2) is 12.5 Å². The van der Waals surface area contributed by atoms with Crippen LogP contribution in [0.3, 0.4) is 0 Å². The maximum absolute atomic E-state index is 6.04. The lowest BCUT2D eigenvalue weighted by Crippen LogP contribution is -1.89. The van der Waals surface area contributed by atoms with Gasteiger partial charge in [-0.25, -0.2) is 9.97 Å². The van der Waals surface area contributed by atoms with Gasteiger partial charge in [-0.15, -0.1) is 0 Å². The number of imidazole rings is 1. The highest BCUT2D eigenvalue weighted by Crippen LogP contribution is 2.45. The van der Waals surface area contributed by atoms with Gasteiger partial charge in [0.25, 0.3) is 0 Å². The first-order valence-electron chi connectivity index (χ1n) is 4.69. The van der Waals surface area contributed by atoms with Gasteiger partial charge >= 0.3 is 0 Å². The molecule has 1 aliphatic rings. The highest BCUT2D eigenvalue weighted by Gasteiger charge is 2.28. The summed E-state index contributed by atoms with van der Waals surface area (Å²) in [6.45, 7) is 0. The van der Waals surface area contributed by atoms with Crippen molar-refractivity contribution in [3.05, 3.63) is 23.2 Å². The Bertz CT molecular complexity index is 523. The topological polar surface area (TPSA) is 30.7 Å². The molecule has 3 nitrogen and oxygen atoms in total. The summed E-state index contributed by atoms with van der Waals surface area (Å²) in [4.78, 5) is 8.54. The SMILES string of the molecule is Clc1ncc(C2CC2)c2c1ncn2PI.